The van der Waals surface area contributed by atoms with Crippen molar-refractivity contribution in [2.24, 2.45) is 0 Å². The van der Waals surface area contributed by atoms with Gasteiger partial charge in [0.2, 0.25) is 0 Å². The Hall–Kier alpha value is -0.160. The molecule has 0 aromatic rings. The first-order valence-corrected chi connectivity index (χ1v) is 7.52. The van der Waals surface area contributed by atoms with E-state index in [-0.39, 0.29) is 23.9 Å². The Balaban J connectivity index is 2.23. The lowest BCUT2D eigenvalue weighted by Crippen LogP contribution is -2.47. The summed E-state index contributed by atoms with van der Waals surface area (Å²) in [6.07, 6.45) is 4.26. The van der Waals surface area contributed by atoms with E-state index in [2.05, 4.69) is 12.2 Å². The van der Waals surface area contributed by atoms with Crippen molar-refractivity contribution in [3.63, 3.8) is 0 Å². The smallest absolute Gasteiger partial charge is 0.0707 e. The molecule has 2 atom stereocenters. The summed E-state index contributed by atoms with van der Waals surface area (Å²) in [6, 6.07) is 0. The minimum atomic E-state index is -0.119. The van der Waals surface area contributed by atoms with Crippen molar-refractivity contribution in [2.45, 2.75) is 70.6 Å². The molecule has 0 amide bonds. The maximum absolute atomic E-state index is 9.60. The summed E-state index contributed by atoms with van der Waals surface area (Å²) in [4.78, 5) is 0. The number of nitrogens with one attached hydrogen (secondary N) is 1. The number of hydrogen-bond donors (Lipinski definition) is 2. The molecule has 0 radical (unpaired) electrons. The zero-order chi connectivity index (χ0) is 14.4. The number of ether oxygens (including phenoxy) is 2. The third-order valence-electron chi connectivity index (χ3n) is 3.59. The largest absolute Gasteiger partial charge is 0.394 e. The Morgan fingerprint density at radius 2 is 2.05 bits per heavy atom. The molecule has 0 bridgehead atoms. The second-order valence-corrected chi connectivity index (χ2v) is 6.56. The number of hydrogen-bond acceptors (Lipinski definition) is 4. The fourth-order valence-corrected chi connectivity index (χ4v) is 2.53. The van der Waals surface area contributed by atoms with Gasteiger partial charge in [-0.05, 0) is 53.0 Å². The highest BCUT2D eigenvalue weighted by Crippen LogP contribution is 2.31. The van der Waals surface area contributed by atoms with Crippen LogP contribution in [-0.4, -0.2) is 48.7 Å². The number of rotatable bonds is 8. The summed E-state index contributed by atoms with van der Waals surface area (Å²) >= 11 is 0. The molecule has 0 spiro atoms. The average molecular weight is 273 g/mol. The predicted molar refractivity (Wildman–Crippen MR) is 77.4 cm³/mol. The van der Waals surface area contributed by atoms with Gasteiger partial charge in [-0.25, -0.2) is 0 Å². The van der Waals surface area contributed by atoms with Crippen molar-refractivity contribution in [2.75, 3.05) is 26.4 Å². The van der Waals surface area contributed by atoms with Gasteiger partial charge in [0.1, 0.15) is 0 Å². The van der Waals surface area contributed by atoms with Crippen LogP contribution in [0.3, 0.4) is 0 Å². The first-order chi connectivity index (χ1) is 8.91. The van der Waals surface area contributed by atoms with Crippen LogP contribution in [0.4, 0.5) is 0 Å². The molecule has 0 aromatic carbocycles. The molecule has 0 aromatic heterocycles. The Labute approximate surface area is 117 Å². The second kappa shape index (κ2) is 7.58. The Bertz CT molecular complexity index is 252. The van der Waals surface area contributed by atoms with Crippen LogP contribution in [0.25, 0.3) is 0 Å². The van der Waals surface area contributed by atoms with E-state index in [1.54, 1.807) is 0 Å². The van der Waals surface area contributed by atoms with Gasteiger partial charge in [-0.2, -0.15) is 0 Å². The maximum atomic E-state index is 9.60. The maximum Gasteiger partial charge on any atom is 0.0707 e. The lowest BCUT2D eigenvalue weighted by Gasteiger charge is -2.28. The van der Waals surface area contributed by atoms with Gasteiger partial charge in [-0.15, -0.1) is 0 Å². The average Bonchev–Trinajstić information content (AvgIpc) is 2.75. The standard InChI is InChI=1S/C15H31NO3/c1-5-8-16-15(12-17)7-6-13(11-15)18-9-10-19-14(2,3)4/h13,16-17H,5-12H2,1-4H3. The van der Waals surface area contributed by atoms with E-state index >= 15 is 0 Å². The molecule has 0 heterocycles. The topological polar surface area (TPSA) is 50.7 Å². The molecule has 1 aliphatic rings. The van der Waals surface area contributed by atoms with Crippen molar-refractivity contribution in [1.82, 2.24) is 5.32 Å². The molecule has 1 saturated carbocycles. The highest BCUT2D eigenvalue weighted by molar-refractivity contribution is 4.96. The van der Waals surface area contributed by atoms with E-state index in [0.717, 1.165) is 32.2 Å². The first-order valence-electron chi connectivity index (χ1n) is 7.52. The molecular weight excluding hydrogens is 242 g/mol. The fourth-order valence-electron chi connectivity index (χ4n) is 2.53. The Morgan fingerprint density at radius 1 is 1.32 bits per heavy atom. The Kier molecular flexibility index (Phi) is 6.74. The minimum Gasteiger partial charge on any atom is -0.394 e. The molecule has 1 aliphatic carbocycles. The molecule has 4 heteroatoms. The van der Waals surface area contributed by atoms with Gasteiger partial charge >= 0.3 is 0 Å². The van der Waals surface area contributed by atoms with Crippen LogP contribution in [0, 0.1) is 0 Å². The van der Waals surface area contributed by atoms with E-state index in [4.69, 9.17) is 9.47 Å². The van der Waals surface area contributed by atoms with Gasteiger partial charge in [-0.3, -0.25) is 0 Å². The van der Waals surface area contributed by atoms with Gasteiger partial charge in [0.25, 0.3) is 0 Å². The molecule has 1 fully saturated rings. The SMILES string of the molecule is CCCNC1(CO)CCC(OCCOC(C)(C)C)C1. The van der Waals surface area contributed by atoms with Crippen molar-refractivity contribution in [1.29, 1.82) is 0 Å². The van der Waals surface area contributed by atoms with Crippen LogP contribution in [-0.2, 0) is 9.47 Å². The van der Waals surface area contributed by atoms with Gasteiger partial charge in [0, 0.05) is 5.54 Å². The lowest BCUT2D eigenvalue weighted by molar-refractivity contribution is -0.0518. The van der Waals surface area contributed by atoms with Crippen LogP contribution in [0.5, 0.6) is 0 Å². The molecule has 0 saturated heterocycles. The lowest BCUT2D eigenvalue weighted by atomic mass is 9.98. The summed E-state index contributed by atoms with van der Waals surface area (Å²) in [7, 11) is 0. The Morgan fingerprint density at radius 3 is 2.63 bits per heavy atom. The summed E-state index contributed by atoms with van der Waals surface area (Å²) in [6.45, 7) is 10.7. The molecule has 4 nitrogen and oxygen atoms in total. The quantitative estimate of drug-likeness (QED) is 0.665. The third kappa shape index (κ3) is 6.21. The van der Waals surface area contributed by atoms with Gasteiger partial charge in [0.15, 0.2) is 0 Å². The van der Waals surface area contributed by atoms with Crippen molar-refractivity contribution < 1.29 is 14.6 Å². The van der Waals surface area contributed by atoms with Gasteiger partial charge in [-0.1, -0.05) is 6.92 Å². The van der Waals surface area contributed by atoms with Crippen LogP contribution in [0.2, 0.25) is 0 Å². The summed E-state index contributed by atoms with van der Waals surface area (Å²) in [5.41, 5.74) is -0.220. The molecule has 2 unspecified atom stereocenters. The molecule has 1 rings (SSSR count). The highest BCUT2D eigenvalue weighted by atomic mass is 16.5. The number of aliphatic hydroxyl groups is 1. The second-order valence-electron chi connectivity index (χ2n) is 6.56. The van der Waals surface area contributed by atoms with Crippen LogP contribution >= 0.6 is 0 Å². The molecular formula is C15H31NO3. The monoisotopic (exact) mass is 273 g/mol. The molecule has 114 valence electrons. The summed E-state index contributed by atoms with van der Waals surface area (Å²) in [5, 5.41) is 13.1. The highest BCUT2D eigenvalue weighted by Gasteiger charge is 2.38. The summed E-state index contributed by atoms with van der Waals surface area (Å²) in [5.74, 6) is 0. The molecule has 0 aliphatic heterocycles. The normalized spacial score (nSPS) is 27.9. The number of aliphatic hydroxyl groups excluding tert-OH is 1. The first kappa shape index (κ1) is 16.9. The van der Waals surface area contributed by atoms with E-state index < -0.39 is 0 Å². The zero-order valence-corrected chi connectivity index (χ0v) is 13.0. The van der Waals surface area contributed by atoms with Gasteiger partial charge in [0.05, 0.1) is 31.5 Å². The van der Waals surface area contributed by atoms with E-state index in [1.807, 2.05) is 20.8 Å². The summed E-state index contributed by atoms with van der Waals surface area (Å²) < 4.78 is 11.5. The van der Waals surface area contributed by atoms with Crippen LogP contribution in [0.1, 0.15) is 53.4 Å². The fraction of sp³-hybridized carbons (Fsp3) is 1.00. The van der Waals surface area contributed by atoms with E-state index in [9.17, 15) is 5.11 Å². The third-order valence-corrected chi connectivity index (χ3v) is 3.59. The van der Waals surface area contributed by atoms with Crippen molar-refractivity contribution in [3.05, 3.63) is 0 Å². The van der Waals surface area contributed by atoms with E-state index in [1.165, 1.54) is 0 Å². The molecule has 19 heavy (non-hydrogen) atoms. The van der Waals surface area contributed by atoms with E-state index in [0.29, 0.717) is 13.2 Å². The van der Waals surface area contributed by atoms with Gasteiger partial charge < -0.3 is 19.9 Å². The van der Waals surface area contributed by atoms with Crippen LogP contribution in [0.15, 0.2) is 0 Å². The minimum absolute atomic E-state index is 0.101. The molecule has 2 N–H and O–H groups in total. The predicted octanol–water partition coefficient (Wildman–Crippen LogP) is 2.10. The van der Waals surface area contributed by atoms with Crippen molar-refractivity contribution >= 4 is 0 Å². The van der Waals surface area contributed by atoms with Crippen LogP contribution < -0.4 is 5.32 Å². The zero-order valence-electron chi connectivity index (χ0n) is 13.0. The van der Waals surface area contributed by atoms with Crippen molar-refractivity contribution in [3.8, 4) is 0 Å².